The Labute approximate surface area is 303 Å². The average molecular weight is 769 g/mol. The van der Waals surface area contributed by atoms with Gasteiger partial charge in [0.2, 0.25) is 0 Å². The van der Waals surface area contributed by atoms with E-state index in [2.05, 4.69) is 15.3 Å². The zero-order valence-corrected chi connectivity index (χ0v) is 29.6. The maximum atomic E-state index is 12.5. The van der Waals surface area contributed by atoms with Crippen LogP contribution in [0.2, 0.25) is 20.1 Å². The maximum absolute atomic E-state index is 12.5. The molecule has 0 aliphatic rings. The molecule has 0 atom stereocenters. The summed E-state index contributed by atoms with van der Waals surface area (Å²) in [5.74, 6) is -0.465. The molecule has 0 amide bonds. The summed E-state index contributed by atoms with van der Waals surface area (Å²) >= 11 is 28.8. The number of halogens is 5. The van der Waals surface area contributed by atoms with E-state index >= 15 is 0 Å². The van der Waals surface area contributed by atoms with Crippen LogP contribution in [0.25, 0.3) is 11.3 Å². The van der Waals surface area contributed by atoms with Gasteiger partial charge in [0.05, 0.1) is 51.0 Å². The summed E-state index contributed by atoms with van der Waals surface area (Å²) in [6.45, 7) is 4.25. The number of rotatable bonds is 7. The number of H-pyrrole nitrogens is 1. The first kappa shape index (κ1) is 37.5. The number of carbonyl (C=O) groups is 2. The van der Waals surface area contributed by atoms with Gasteiger partial charge in [-0.2, -0.15) is 5.10 Å². The number of hydrogen-bond acceptors (Lipinski definition) is 8. The van der Waals surface area contributed by atoms with Gasteiger partial charge in [-0.1, -0.05) is 58.5 Å². The van der Waals surface area contributed by atoms with Crippen LogP contribution in [0.3, 0.4) is 0 Å². The predicted octanol–water partition coefficient (Wildman–Crippen LogP) is 6.96. The van der Waals surface area contributed by atoms with Crippen LogP contribution in [0, 0.1) is 0 Å². The zero-order chi connectivity index (χ0) is 35.7. The highest BCUT2D eigenvalue weighted by Gasteiger charge is 2.13. The molecule has 12 nitrogen and oxygen atoms in total. The molecule has 6 rings (SSSR count). The molecule has 4 heterocycles. The fourth-order valence-corrected chi connectivity index (χ4v) is 4.94. The third-order valence-corrected chi connectivity index (χ3v) is 8.25. The second kappa shape index (κ2) is 17.4. The summed E-state index contributed by atoms with van der Waals surface area (Å²) in [4.78, 5) is 46.8. The second-order valence-electron chi connectivity index (χ2n) is 9.83. The standard InChI is InChI=1S/C16H13Cl2N3O3.C9H9N3O3.C7H5Cl3/c1-2-24-15(22)11-4-6-14-19-21(16(23)20(14)9-11)8-10-3-5-12(17)13(18)7-10;1-2-15-8(13)6-3-4-7-10-11-9(14)12(7)5-6;8-4-5-1-2-6(9)7(10)3-5/h3-7,9H,2,8H2,1H3;3-5H,2H2,1H3,(H,11,14);1-3H,4H2. The van der Waals surface area contributed by atoms with Crippen molar-refractivity contribution >= 4 is 81.2 Å². The predicted molar refractivity (Wildman–Crippen MR) is 189 cm³/mol. The average Bonchev–Trinajstić information content (AvgIpc) is 3.62. The van der Waals surface area contributed by atoms with Crippen LogP contribution in [-0.4, -0.2) is 53.9 Å². The Bertz CT molecular complexity index is 2230. The van der Waals surface area contributed by atoms with Crippen LogP contribution in [0.5, 0.6) is 0 Å². The molecule has 2 aromatic carbocycles. The fraction of sp³-hybridized carbons (Fsp3) is 0.188. The van der Waals surface area contributed by atoms with E-state index in [-0.39, 0.29) is 24.5 Å². The Morgan fingerprint density at radius 1 is 0.714 bits per heavy atom. The van der Waals surface area contributed by atoms with Crippen LogP contribution in [0.1, 0.15) is 45.7 Å². The van der Waals surface area contributed by atoms with E-state index in [1.807, 2.05) is 6.07 Å². The number of pyridine rings is 2. The van der Waals surface area contributed by atoms with Crippen LogP contribution in [-0.2, 0) is 21.9 Å². The van der Waals surface area contributed by atoms with Gasteiger partial charge in [-0.3, -0.25) is 0 Å². The molecule has 256 valence electrons. The molecule has 0 saturated carbocycles. The SMILES string of the molecule is CCOC(=O)c1ccc2n[nH]c(=O)n2c1.CCOC(=O)c1ccc2nn(Cc3ccc(Cl)c(Cl)c3)c(=O)n2c1.ClCc1ccc(Cl)c(Cl)c1. The molecular formula is C32H27Cl5N6O6. The Hall–Kier alpha value is -4.33. The number of nitrogens with one attached hydrogen (secondary N) is 1. The molecule has 0 saturated heterocycles. The molecule has 0 radical (unpaired) electrons. The lowest BCUT2D eigenvalue weighted by molar-refractivity contribution is 0.0516. The van der Waals surface area contributed by atoms with E-state index in [4.69, 9.17) is 67.5 Å². The molecule has 0 unspecified atom stereocenters. The van der Waals surface area contributed by atoms with Crippen LogP contribution < -0.4 is 11.4 Å². The maximum Gasteiger partial charge on any atom is 0.350 e. The van der Waals surface area contributed by atoms with Crippen LogP contribution >= 0.6 is 58.0 Å². The molecule has 49 heavy (non-hydrogen) atoms. The summed E-state index contributed by atoms with van der Waals surface area (Å²) < 4.78 is 13.6. The van der Waals surface area contributed by atoms with Crippen LogP contribution in [0.15, 0.2) is 82.6 Å². The third-order valence-electron chi connectivity index (χ3n) is 6.47. The molecule has 0 spiro atoms. The number of carbonyl (C=O) groups excluding carboxylic acids is 2. The highest BCUT2D eigenvalue weighted by atomic mass is 35.5. The van der Waals surface area contributed by atoms with Crippen LogP contribution in [0.4, 0.5) is 0 Å². The Kier molecular flexibility index (Phi) is 13.3. The number of aromatic nitrogens is 6. The topological polar surface area (TPSA) is 142 Å². The van der Waals surface area contributed by atoms with Gasteiger partial charge in [-0.05, 0) is 73.5 Å². The molecule has 6 aromatic rings. The monoisotopic (exact) mass is 766 g/mol. The number of fused-ring (bicyclic) bond motifs is 2. The lowest BCUT2D eigenvalue weighted by Crippen LogP contribution is -2.22. The van der Waals surface area contributed by atoms with Crippen molar-refractivity contribution in [3.05, 3.63) is 136 Å². The summed E-state index contributed by atoms with van der Waals surface area (Å²) in [5, 5.41) is 12.2. The third kappa shape index (κ3) is 9.64. The first-order valence-corrected chi connectivity index (χ1v) is 16.4. The second-order valence-corrected chi connectivity index (χ2v) is 11.7. The number of ether oxygens (including phenoxy) is 2. The van der Waals surface area contributed by atoms with E-state index in [0.29, 0.717) is 55.0 Å². The van der Waals surface area contributed by atoms with Crippen molar-refractivity contribution < 1.29 is 19.1 Å². The first-order valence-electron chi connectivity index (χ1n) is 14.4. The van der Waals surface area contributed by atoms with Crippen molar-refractivity contribution in [2.24, 2.45) is 0 Å². The molecule has 0 bridgehead atoms. The van der Waals surface area contributed by atoms with Gasteiger partial charge in [0.15, 0.2) is 11.3 Å². The first-order chi connectivity index (χ1) is 23.4. The van der Waals surface area contributed by atoms with E-state index in [9.17, 15) is 19.2 Å². The number of benzene rings is 2. The van der Waals surface area contributed by atoms with Gasteiger partial charge < -0.3 is 9.47 Å². The molecular weight excluding hydrogens is 742 g/mol. The highest BCUT2D eigenvalue weighted by Crippen LogP contribution is 2.24. The molecule has 1 N–H and O–H groups in total. The fourth-order valence-electron chi connectivity index (χ4n) is 4.13. The molecule has 0 aliphatic heterocycles. The lowest BCUT2D eigenvalue weighted by Gasteiger charge is -2.02. The highest BCUT2D eigenvalue weighted by molar-refractivity contribution is 6.42. The molecule has 0 fully saturated rings. The molecule has 0 aliphatic carbocycles. The molecule has 4 aromatic heterocycles. The van der Waals surface area contributed by atoms with Crippen molar-refractivity contribution in [1.82, 2.24) is 28.8 Å². The lowest BCUT2D eigenvalue weighted by atomic mass is 10.2. The van der Waals surface area contributed by atoms with Crippen molar-refractivity contribution in [2.45, 2.75) is 26.3 Å². The smallest absolute Gasteiger partial charge is 0.350 e. The Morgan fingerprint density at radius 2 is 1.24 bits per heavy atom. The minimum atomic E-state index is -0.483. The number of aromatic amines is 1. The van der Waals surface area contributed by atoms with Crippen molar-refractivity contribution in [3.63, 3.8) is 0 Å². The van der Waals surface area contributed by atoms with Crippen molar-refractivity contribution in [3.8, 4) is 0 Å². The summed E-state index contributed by atoms with van der Waals surface area (Å²) in [6.07, 6.45) is 2.83. The number of hydrogen-bond donors (Lipinski definition) is 1. The summed E-state index contributed by atoms with van der Waals surface area (Å²) in [7, 11) is 0. The summed E-state index contributed by atoms with van der Waals surface area (Å²) in [6, 6.07) is 16.8. The van der Waals surface area contributed by atoms with E-state index in [1.165, 1.54) is 25.9 Å². The van der Waals surface area contributed by atoms with Gasteiger partial charge in [0, 0.05) is 18.3 Å². The van der Waals surface area contributed by atoms with Gasteiger partial charge in [0.1, 0.15) is 0 Å². The molecule has 17 heteroatoms. The number of esters is 2. The number of nitrogens with zero attached hydrogens (tertiary/aromatic N) is 5. The van der Waals surface area contributed by atoms with Gasteiger partial charge in [0.25, 0.3) is 0 Å². The zero-order valence-electron chi connectivity index (χ0n) is 25.8. The number of alkyl halides is 1. The van der Waals surface area contributed by atoms with Gasteiger partial charge in [-0.25, -0.2) is 37.8 Å². The minimum Gasteiger partial charge on any atom is -0.462 e. The normalized spacial score (nSPS) is 10.6. The Balaban J connectivity index is 0.000000184. The largest absolute Gasteiger partial charge is 0.462 e. The Morgan fingerprint density at radius 3 is 1.80 bits per heavy atom. The van der Waals surface area contributed by atoms with E-state index in [0.717, 1.165) is 11.1 Å². The van der Waals surface area contributed by atoms with Gasteiger partial charge >= 0.3 is 23.3 Å². The van der Waals surface area contributed by atoms with Crippen molar-refractivity contribution in [2.75, 3.05) is 13.2 Å². The minimum absolute atomic E-state index is 0.242. The quantitative estimate of drug-likeness (QED) is 0.136. The van der Waals surface area contributed by atoms with E-state index < -0.39 is 11.9 Å². The van der Waals surface area contributed by atoms with E-state index in [1.54, 1.807) is 68.4 Å². The summed E-state index contributed by atoms with van der Waals surface area (Å²) in [5.41, 5.74) is 2.56. The van der Waals surface area contributed by atoms with Crippen molar-refractivity contribution in [1.29, 1.82) is 0 Å². The van der Waals surface area contributed by atoms with Gasteiger partial charge in [-0.15, -0.1) is 16.7 Å².